The van der Waals surface area contributed by atoms with E-state index in [0.717, 1.165) is 13.8 Å². The Morgan fingerprint density at radius 2 is 2.00 bits per heavy atom. The Bertz CT molecular complexity index is 787. The van der Waals surface area contributed by atoms with E-state index in [-0.39, 0.29) is 32.9 Å². The molecular formula is C17H13BFIrNO4-. The van der Waals surface area contributed by atoms with Crippen molar-refractivity contribution in [2.75, 3.05) is 0 Å². The fraction of sp³-hybridized carbons (Fsp3) is 0.176. The minimum atomic E-state index is -1.38. The van der Waals surface area contributed by atoms with Crippen LogP contribution in [0, 0.1) is 6.07 Å². The predicted molar refractivity (Wildman–Crippen MR) is 84.9 cm³/mol. The molecule has 8 heteroatoms. The number of benzene rings is 1. The Hall–Kier alpha value is -2.18. The number of hydrogen-bond acceptors (Lipinski definition) is 5. The summed E-state index contributed by atoms with van der Waals surface area (Å²) in [6.45, 7) is 0. The van der Waals surface area contributed by atoms with Gasteiger partial charge < -0.3 is 19.4 Å². The minimum absolute atomic E-state index is 0. The summed E-state index contributed by atoms with van der Waals surface area (Å²) in [6.07, 6.45) is -0.849. The van der Waals surface area contributed by atoms with E-state index >= 15 is 0 Å². The van der Waals surface area contributed by atoms with Crippen molar-refractivity contribution in [1.29, 1.82) is 0 Å². The smallest absolute Gasteiger partial charge is 0.542 e. The number of pyridine rings is 1. The molecule has 4 bridgehead atoms. The molecule has 2 heterocycles. The largest absolute Gasteiger partial charge is 0.659 e. The molecule has 0 fully saturated rings. The number of aromatic nitrogens is 1. The fourth-order valence-corrected chi connectivity index (χ4v) is 2.29. The molecule has 2 aromatic rings. The van der Waals surface area contributed by atoms with Crippen molar-refractivity contribution in [2.24, 2.45) is 0 Å². The van der Waals surface area contributed by atoms with Crippen LogP contribution < -0.4 is 4.65 Å². The van der Waals surface area contributed by atoms with Crippen LogP contribution in [0.15, 0.2) is 48.2 Å². The van der Waals surface area contributed by atoms with Crippen LogP contribution in [0.5, 0.6) is 5.75 Å². The number of carbonyl (C=O) groups is 1. The van der Waals surface area contributed by atoms with Crippen molar-refractivity contribution in [3.05, 3.63) is 60.0 Å². The first-order chi connectivity index (χ1) is 11.6. The van der Waals surface area contributed by atoms with E-state index in [1.807, 2.05) is 0 Å². The average Bonchev–Trinajstić information content (AvgIpc) is 2.54. The first-order valence-corrected chi connectivity index (χ1v) is 7.31. The van der Waals surface area contributed by atoms with Gasteiger partial charge in [-0.2, -0.15) is 0 Å². The second-order valence-electron chi connectivity index (χ2n) is 5.24. The van der Waals surface area contributed by atoms with E-state index in [9.17, 15) is 14.3 Å². The summed E-state index contributed by atoms with van der Waals surface area (Å²) in [4.78, 5) is 15.9. The maximum absolute atomic E-state index is 14.1. The number of aliphatic hydroxyl groups is 1. The molecule has 1 aromatic carbocycles. The van der Waals surface area contributed by atoms with Gasteiger partial charge in [0.15, 0.2) is 0 Å². The van der Waals surface area contributed by atoms with Crippen LogP contribution in [0.4, 0.5) is 4.39 Å². The normalized spacial score (nSPS) is 17.4. The maximum Gasteiger partial charge on any atom is 0.659 e. The van der Waals surface area contributed by atoms with E-state index in [1.54, 1.807) is 36.4 Å². The minimum Gasteiger partial charge on any atom is -0.542 e. The number of allylic oxidation sites excluding steroid dienone is 1. The Labute approximate surface area is 158 Å². The third-order valence-corrected chi connectivity index (χ3v) is 3.34. The van der Waals surface area contributed by atoms with E-state index in [4.69, 9.17) is 4.65 Å². The zero-order valence-corrected chi connectivity index (χ0v) is 15.3. The molecule has 130 valence electrons. The van der Waals surface area contributed by atoms with Crippen molar-refractivity contribution < 1.29 is 43.7 Å². The van der Waals surface area contributed by atoms with Crippen LogP contribution in [0.2, 0.25) is 0 Å². The quantitative estimate of drug-likeness (QED) is 0.430. The summed E-state index contributed by atoms with van der Waals surface area (Å²) >= 11 is 0. The zero-order valence-electron chi connectivity index (χ0n) is 12.9. The molecule has 0 amide bonds. The van der Waals surface area contributed by atoms with Crippen LogP contribution in [0.1, 0.15) is 12.1 Å². The third-order valence-electron chi connectivity index (χ3n) is 3.34. The van der Waals surface area contributed by atoms with Gasteiger partial charge in [-0.3, -0.25) is 0 Å². The molecule has 1 aliphatic heterocycles. The number of alkyl halides is 1. The molecule has 1 N–H and O–H groups in total. The molecule has 0 saturated heterocycles. The van der Waals surface area contributed by atoms with E-state index < -0.39 is 17.9 Å². The number of hydrogen-bond donors (Lipinski definition) is 1. The molecule has 1 unspecified atom stereocenters. The number of aliphatic hydroxyl groups excluding tert-OH is 1. The third kappa shape index (κ3) is 5.41. The van der Waals surface area contributed by atoms with Crippen molar-refractivity contribution in [1.82, 2.24) is 4.98 Å². The van der Waals surface area contributed by atoms with Crippen LogP contribution in [-0.2, 0) is 36.0 Å². The molecule has 0 saturated carbocycles. The molecule has 0 aliphatic carbocycles. The van der Waals surface area contributed by atoms with Gasteiger partial charge in [0.05, 0.1) is 6.08 Å². The van der Waals surface area contributed by atoms with Crippen molar-refractivity contribution in [2.45, 2.75) is 19.0 Å². The average molecular weight is 517 g/mol. The number of halogens is 1. The molecule has 1 aromatic heterocycles. The van der Waals surface area contributed by atoms with Crippen LogP contribution in [-0.4, -0.2) is 29.9 Å². The van der Waals surface area contributed by atoms with Crippen LogP contribution in [0.25, 0.3) is 11.3 Å². The summed E-state index contributed by atoms with van der Waals surface area (Å²) in [5, 5.41) is 9.65. The molecule has 0 spiro atoms. The predicted octanol–water partition coefficient (Wildman–Crippen LogP) is 2.73. The topological polar surface area (TPSA) is 68.7 Å². The Morgan fingerprint density at radius 1 is 1.20 bits per heavy atom. The van der Waals surface area contributed by atoms with Gasteiger partial charge in [0.1, 0.15) is 11.9 Å². The van der Waals surface area contributed by atoms with Crippen molar-refractivity contribution in [3.8, 4) is 17.0 Å². The van der Waals surface area contributed by atoms with E-state index in [1.165, 1.54) is 0 Å². The van der Waals surface area contributed by atoms with Gasteiger partial charge in [-0.1, -0.05) is 18.2 Å². The summed E-state index contributed by atoms with van der Waals surface area (Å²) in [7, 11) is 0.831. The molecule has 25 heavy (non-hydrogen) atoms. The van der Waals surface area contributed by atoms with Gasteiger partial charge in [0.2, 0.25) is 0 Å². The van der Waals surface area contributed by atoms with Crippen LogP contribution in [0.3, 0.4) is 0 Å². The molecule has 3 rings (SSSR count). The monoisotopic (exact) mass is 518 g/mol. The number of nitrogens with zero attached hydrogens (tertiary/aromatic N) is 1. The summed E-state index contributed by atoms with van der Waals surface area (Å²) in [6, 6.07) is 13.4. The Balaban J connectivity index is 0.00000225. The standard InChI is InChI=1S/C17H13BFNO4.Ir/c19-12-8-13-4-2-6-16(20-13)11-3-1-5-15(7-11)23-18-24-17(22)10-14(21)9-12;/h1-6,10,12,21H,8-9H2;/q-1;. The molecule has 5 nitrogen and oxygen atoms in total. The van der Waals surface area contributed by atoms with Gasteiger partial charge >= 0.3 is 13.7 Å². The number of carbonyl (C=O) groups excluding carboxylic acids is 1. The van der Waals surface area contributed by atoms with Gasteiger partial charge in [-0.15, -0.1) is 23.8 Å². The maximum atomic E-state index is 14.1. The van der Waals surface area contributed by atoms with Crippen LogP contribution >= 0.6 is 0 Å². The Morgan fingerprint density at radius 3 is 2.84 bits per heavy atom. The van der Waals surface area contributed by atoms with Gasteiger partial charge in [-0.25, -0.2) is 9.18 Å². The molecule has 2 radical (unpaired) electrons. The van der Waals surface area contributed by atoms with Gasteiger partial charge in [0.25, 0.3) is 0 Å². The van der Waals surface area contributed by atoms with E-state index in [0.29, 0.717) is 22.7 Å². The SMILES string of the molecule is O=C1C=C(O)CC(F)Cc2cccc(n2)-c2[c-]c(ccc2)O[B]O1.[Ir]. The summed E-state index contributed by atoms with van der Waals surface area (Å²) in [5.41, 5.74) is 1.83. The summed E-state index contributed by atoms with van der Waals surface area (Å²) in [5.74, 6) is -0.928. The second-order valence-corrected chi connectivity index (χ2v) is 5.24. The number of rotatable bonds is 0. The van der Waals surface area contributed by atoms with Gasteiger partial charge in [-0.05, 0) is 11.8 Å². The molecule has 1 atom stereocenters. The van der Waals surface area contributed by atoms with Gasteiger partial charge in [0, 0.05) is 44.4 Å². The van der Waals surface area contributed by atoms with Crippen molar-refractivity contribution in [3.63, 3.8) is 0 Å². The second kappa shape index (κ2) is 8.78. The fourth-order valence-electron chi connectivity index (χ4n) is 2.29. The van der Waals surface area contributed by atoms with E-state index in [2.05, 4.69) is 15.7 Å². The zero-order chi connectivity index (χ0) is 16.9. The summed E-state index contributed by atoms with van der Waals surface area (Å²) < 4.78 is 24.0. The number of fused-ring (bicyclic) bond motifs is 5. The first-order valence-electron chi connectivity index (χ1n) is 7.31. The Kier molecular flexibility index (Phi) is 6.73. The van der Waals surface area contributed by atoms with Crippen molar-refractivity contribution >= 4 is 13.7 Å². The molecular weight excluding hydrogens is 504 g/mol. The molecule has 1 aliphatic rings. The first kappa shape index (κ1) is 19.2.